The molecular weight excluding hydrogens is 252 g/mol. The van der Waals surface area contributed by atoms with Crippen molar-refractivity contribution in [1.29, 1.82) is 0 Å². The predicted molar refractivity (Wildman–Crippen MR) is 77.3 cm³/mol. The predicted octanol–water partition coefficient (Wildman–Crippen LogP) is 3.34. The molecule has 0 spiro atoms. The van der Waals surface area contributed by atoms with E-state index in [1.165, 1.54) is 12.0 Å². The van der Waals surface area contributed by atoms with Crippen LogP contribution in [0.5, 0.6) is 0 Å². The Morgan fingerprint density at radius 2 is 2.30 bits per heavy atom. The van der Waals surface area contributed by atoms with Crippen LogP contribution in [-0.2, 0) is 4.74 Å². The molecule has 2 atom stereocenters. The second kappa shape index (κ2) is 4.47. The maximum Gasteiger partial charge on any atom is 0.342 e. The highest BCUT2D eigenvalue weighted by atomic mass is 16.5. The molecule has 4 nitrogen and oxygen atoms in total. The van der Waals surface area contributed by atoms with E-state index in [0.717, 1.165) is 23.7 Å². The second-order valence-electron chi connectivity index (χ2n) is 6.49. The first-order valence-electron chi connectivity index (χ1n) is 7.39. The standard InChI is InChI=1S/C16H22N2O2/c1-5-20-15(19)13-9(2)17-18-14(13)11-7-6-10-8-12(11)16(10,3)4/h7,10,12H,5-6,8H2,1-4H3,(H,17,18). The van der Waals surface area contributed by atoms with Crippen LogP contribution < -0.4 is 0 Å². The van der Waals surface area contributed by atoms with Gasteiger partial charge in [-0.3, -0.25) is 5.10 Å². The third-order valence-electron chi connectivity index (χ3n) is 5.17. The SMILES string of the molecule is CCOC(=O)c1c(C2=CCC3CC2C3(C)C)n[nH]c1C. The Hall–Kier alpha value is -1.58. The van der Waals surface area contributed by atoms with Crippen molar-refractivity contribution in [2.75, 3.05) is 6.61 Å². The van der Waals surface area contributed by atoms with Gasteiger partial charge in [-0.1, -0.05) is 19.9 Å². The lowest BCUT2D eigenvalue weighted by Crippen LogP contribution is -2.47. The topological polar surface area (TPSA) is 55.0 Å². The molecule has 4 rings (SSSR count). The molecule has 1 aromatic heterocycles. The molecule has 1 heterocycles. The van der Waals surface area contributed by atoms with Crippen molar-refractivity contribution in [2.45, 2.75) is 40.5 Å². The van der Waals surface area contributed by atoms with E-state index in [4.69, 9.17) is 4.74 Å². The number of hydrogen-bond donors (Lipinski definition) is 1. The van der Waals surface area contributed by atoms with E-state index in [1.807, 2.05) is 13.8 Å². The van der Waals surface area contributed by atoms with Gasteiger partial charge in [-0.15, -0.1) is 0 Å². The monoisotopic (exact) mass is 274 g/mol. The zero-order chi connectivity index (χ0) is 14.5. The van der Waals surface area contributed by atoms with E-state index < -0.39 is 0 Å². The van der Waals surface area contributed by atoms with Gasteiger partial charge in [-0.2, -0.15) is 5.10 Å². The molecular formula is C16H22N2O2. The van der Waals surface area contributed by atoms with Crippen molar-refractivity contribution in [3.05, 3.63) is 23.0 Å². The number of rotatable bonds is 3. The highest BCUT2D eigenvalue weighted by Gasteiger charge is 2.52. The van der Waals surface area contributed by atoms with Gasteiger partial charge in [-0.25, -0.2) is 4.79 Å². The van der Waals surface area contributed by atoms with Crippen molar-refractivity contribution in [3.8, 4) is 0 Å². The maximum atomic E-state index is 12.2. The number of aromatic amines is 1. The summed E-state index contributed by atoms with van der Waals surface area (Å²) < 4.78 is 5.17. The Labute approximate surface area is 119 Å². The van der Waals surface area contributed by atoms with Crippen molar-refractivity contribution in [3.63, 3.8) is 0 Å². The minimum Gasteiger partial charge on any atom is -0.462 e. The summed E-state index contributed by atoms with van der Waals surface area (Å²) in [5.41, 5.74) is 3.75. The molecule has 2 bridgehead atoms. The molecule has 108 valence electrons. The molecule has 0 aromatic carbocycles. The van der Waals surface area contributed by atoms with E-state index in [2.05, 4.69) is 30.1 Å². The number of nitrogens with one attached hydrogen (secondary N) is 1. The molecule has 0 radical (unpaired) electrons. The molecule has 20 heavy (non-hydrogen) atoms. The van der Waals surface area contributed by atoms with Gasteiger partial charge in [-0.05, 0) is 49.5 Å². The van der Waals surface area contributed by atoms with Gasteiger partial charge in [0.1, 0.15) is 11.3 Å². The van der Waals surface area contributed by atoms with Crippen molar-refractivity contribution >= 4 is 11.5 Å². The molecule has 3 aliphatic carbocycles. The Balaban J connectivity index is 2.00. The van der Waals surface area contributed by atoms with Crippen LogP contribution >= 0.6 is 0 Å². The number of hydrogen-bond acceptors (Lipinski definition) is 3. The molecule has 1 fully saturated rings. The summed E-state index contributed by atoms with van der Waals surface area (Å²) in [5.74, 6) is 1.02. The van der Waals surface area contributed by atoms with Crippen molar-refractivity contribution in [2.24, 2.45) is 17.3 Å². The molecule has 4 heteroatoms. The van der Waals surface area contributed by atoms with Crippen LogP contribution in [0.25, 0.3) is 5.57 Å². The summed E-state index contributed by atoms with van der Waals surface area (Å²) in [6, 6.07) is 0. The number of nitrogens with zero attached hydrogens (tertiary/aromatic N) is 1. The van der Waals surface area contributed by atoms with Gasteiger partial charge in [0.15, 0.2) is 0 Å². The van der Waals surface area contributed by atoms with Crippen LogP contribution in [0.3, 0.4) is 0 Å². The van der Waals surface area contributed by atoms with Crippen LogP contribution in [0.4, 0.5) is 0 Å². The number of aromatic nitrogens is 2. The third-order valence-corrected chi connectivity index (χ3v) is 5.17. The van der Waals surface area contributed by atoms with E-state index in [1.54, 1.807) is 0 Å². The first-order chi connectivity index (χ1) is 9.46. The normalized spacial score (nSPS) is 26.7. The number of H-pyrrole nitrogens is 1. The molecule has 0 aliphatic heterocycles. The van der Waals surface area contributed by atoms with Gasteiger partial charge in [0.25, 0.3) is 0 Å². The molecule has 2 unspecified atom stereocenters. The summed E-state index contributed by atoms with van der Waals surface area (Å²) in [6.07, 6.45) is 4.57. The highest BCUT2D eigenvalue weighted by Crippen LogP contribution is 2.61. The number of carbonyl (C=O) groups excluding carboxylic acids is 1. The lowest BCUT2D eigenvalue weighted by Gasteiger charge is -2.56. The minimum atomic E-state index is -0.270. The van der Waals surface area contributed by atoms with Gasteiger partial charge in [0.05, 0.1) is 6.61 Å². The van der Waals surface area contributed by atoms with Crippen LogP contribution in [0.2, 0.25) is 0 Å². The fraction of sp³-hybridized carbons (Fsp3) is 0.625. The molecule has 0 amide bonds. The highest BCUT2D eigenvalue weighted by molar-refractivity contribution is 5.96. The first-order valence-corrected chi connectivity index (χ1v) is 7.39. The van der Waals surface area contributed by atoms with Gasteiger partial charge in [0, 0.05) is 5.69 Å². The van der Waals surface area contributed by atoms with E-state index in [9.17, 15) is 4.79 Å². The number of fused-ring (bicyclic) bond motifs is 1. The lowest BCUT2D eigenvalue weighted by atomic mass is 9.48. The Morgan fingerprint density at radius 3 is 2.90 bits per heavy atom. The summed E-state index contributed by atoms with van der Waals surface area (Å²) >= 11 is 0. The third kappa shape index (κ3) is 1.74. The molecule has 1 aromatic rings. The molecule has 1 N–H and O–H groups in total. The van der Waals surface area contributed by atoms with Crippen LogP contribution in [0.15, 0.2) is 6.08 Å². The number of esters is 1. The van der Waals surface area contributed by atoms with Gasteiger partial charge >= 0.3 is 5.97 Å². The number of carbonyl (C=O) groups is 1. The average molecular weight is 274 g/mol. The molecule has 1 saturated carbocycles. The Morgan fingerprint density at radius 1 is 1.55 bits per heavy atom. The van der Waals surface area contributed by atoms with Crippen LogP contribution in [0.1, 0.15) is 55.4 Å². The number of allylic oxidation sites excluding steroid dienone is 2. The number of aryl methyl sites for hydroxylation is 1. The maximum absolute atomic E-state index is 12.2. The van der Waals surface area contributed by atoms with Crippen molar-refractivity contribution in [1.82, 2.24) is 10.2 Å². The fourth-order valence-corrected chi connectivity index (χ4v) is 3.71. The smallest absolute Gasteiger partial charge is 0.342 e. The zero-order valence-corrected chi connectivity index (χ0v) is 12.6. The van der Waals surface area contributed by atoms with Gasteiger partial charge in [0.2, 0.25) is 0 Å². The van der Waals surface area contributed by atoms with Crippen molar-refractivity contribution < 1.29 is 9.53 Å². The van der Waals surface area contributed by atoms with Crippen LogP contribution in [0, 0.1) is 24.2 Å². The summed E-state index contributed by atoms with van der Waals surface area (Å²) in [7, 11) is 0. The Kier molecular flexibility index (Phi) is 3.00. The fourth-order valence-electron chi connectivity index (χ4n) is 3.71. The Bertz CT molecular complexity index is 583. The molecule has 3 aliphatic rings. The second-order valence-corrected chi connectivity index (χ2v) is 6.49. The largest absolute Gasteiger partial charge is 0.462 e. The summed E-state index contributed by atoms with van der Waals surface area (Å²) in [6.45, 7) is 8.73. The van der Waals surface area contributed by atoms with Gasteiger partial charge < -0.3 is 4.74 Å². The average Bonchev–Trinajstić information content (AvgIpc) is 2.80. The minimum absolute atomic E-state index is 0.270. The molecule has 0 saturated heterocycles. The first kappa shape index (κ1) is 13.4. The number of ether oxygens (including phenoxy) is 1. The van der Waals surface area contributed by atoms with Crippen LogP contribution in [-0.4, -0.2) is 22.8 Å². The van der Waals surface area contributed by atoms with E-state index in [0.29, 0.717) is 23.5 Å². The van der Waals surface area contributed by atoms with E-state index >= 15 is 0 Å². The summed E-state index contributed by atoms with van der Waals surface area (Å²) in [5, 5.41) is 7.34. The zero-order valence-electron chi connectivity index (χ0n) is 12.6. The lowest BCUT2D eigenvalue weighted by molar-refractivity contribution is 0.0109. The van der Waals surface area contributed by atoms with E-state index in [-0.39, 0.29) is 5.97 Å². The summed E-state index contributed by atoms with van der Waals surface area (Å²) in [4.78, 5) is 12.2. The quantitative estimate of drug-likeness (QED) is 0.860.